The van der Waals surface area contributed by atoms with E-state index in [0.717, 1.165) is 23.5 Å². The molecule has 0 radical (unpaired) electrons. The van der Waals surface area contributed by atoms with Crippen molar-refractivity contribution in [2.75, 3.05) is 23.9 Å². The van der Waals surface area contributed by atoms with Crippen molar-refractivity contribution >= 4 is 31.9 Å². The van der Waals surface area contributed by atoms with Crippen molar-refractivity contribution in [3.8, 4) is 11.5 Å². The molecule has 90 valence electrons. The molecular weight excluding hydrogens is 344 g/mol. The molecule has 0 saturated heterocycles. The summed E-state index contributed by atoms with van der Waals surface area (Å²) in [7, 11) is 0. The highest BCUT2D eigenvalue weighted by Crippen LogP contribution is 2.20. The van der Waals surface area contributed by atoms with Crippen LogP contribution in [0.3, 0.4) is 0 Å². The maximum absolute atomic E-state index is 11.2. The van der Waals surface area contributed by atoms with Crippen molar-refractivity contribution in [3.63, 3.8) is 0 Å². The van der Waals surface area contributed by atoms with Crippen LogP contribution in [0, 0.1) is 0 Å². The molecule has 1 rings (SSSR count). The first-order valence-electron chi connectivity index (χ1n) is 4.93. The lowest BCUT2D eigenvalue weighted by atomic mass is 10.2. The summed E-state index contributed by atoms with van der Waals surface area (Å²) in [5, 5.41) is 1.59. The average molecular weight is 356 g/mol. The van der Waals surface area contributed by atoms with Crippen molar-refractivity contribution in [2.24, 2.45) is 0 Å². The number of alkyl halides is 2. The molecule has 0 amide bonds. The Morgan fingerprint density at radius 1 is 0.812 bits per heavy atom. The van der Waals surface area contributed by atoms with Crippen LogP contribution in [0.4, 0.5) is 0 Å². The third kappa shape index (κ3) is 3.31. The van der Waals surface area contributed by atoms with E-state index in [1.54, 1.807) is 0 Å². The lowest BCUT2D eigenvalue weighted by Gasteiger charge is -2.12. The van der Waals surface area contributed by atoms with E-state index in [9.17, 15) is 9.59 Å². The van der Waals surface area contributed by atoms with Crippen molar-refractivity contribution in [1.29, 1.82) is 0 Å². The Hall–Kier alpha value is -0.360. The Labute approximate surface area is 110 Å². The van der Waals surface area contributed by atoms with E-state index in [1.165, 1.54) is 0 Å². The summed E-state index contributed by atoms with van der Waals surface area (Å²) in [6, 6.07) is 0. The maximum atomic E-state index is 11.2. The van der Waals surface area contributed by atoms with Crippen LogP contribution < -0.4 is 20.3 Å². The zero-order valence-corrected chi connectivity index (χ0v) is 11.8. The number of hydrogen-bond donors (Lipinski definition) is 0. The van der Waals surface area contributed by atoms with Crippen molar-refractivity contribution in [3.05, 3.63) is 20.4 Å². The summed E-state index contributed by atoms with van der Waals surface area (Å²) in [6.45, 7) is 0.815. The molecular formula is C10H12Br2O4. The van der Waals surface area contributed by atoms with Gasteiger partial charge in [-0.3, -0.25) is 9.59 Å². The van der Waals surface area contributed by atoms with Crippen LogP contribution in [0.15, 0.2) is 9.59 Å². The highest BCUT2D eigenvalue weighted by Gasteiger charge is 2.23. The molecule has 0 unspecified atom stereocenters. The molecule has 4 nitrogen and oxygen atoms in total. The van der Waals surface area contributed by atoms with Gasteiger partial charge in [0.15, 0.2) is 0 Å². The standard InChI is InChI=1S/C10H12Br2O4/c11-3-1-5-15-9-7(13)8(14)10(9)16-6-2-4-12/h1-6H2. The van der Waals surface area contributed by atoms with E-state index in [-0.39, 0.29) is 11.5 Å². The van der Waals surface area contributed by atoms with Crippen LogP contribution in [-0.2, 0) is 0 Å². The minimum absolute atomic E-state index is 0.0838. The molecule has 0 saturated carbocycles. The van der Waals surface area contributed by atoms with Crippen LogP contribution in [0.1, 0.15) is 12.8 Å². The van der Waals surface area contributed by atoms with Gasteiger partial charge >= 0.3 is 0 Å². The van der Waals surface area contributed by atoms with E-state index >= 15 is 0 Å². The summed E-state index contributed by atoms with van der Waals surface area (Å²) in [6.07, 6.45) is 1.55. The molecule has 0 N–H and O–H groups in total. The minimum atomic E-state index is -0.580. The van der Waals surface area contributed by atoms with Crippen LogP contribution in [-0.4, -0.2) is 23.9 Å². The Bertz CT molecular complexity index is 358. The lowest BCUT2D eigenvalue weighted by molar-refractivity contribution is 0.257. The number of halogens is 2. The van der Waals surface area contributed by atoms with Gasteiger partial charge in [-0.1, -0.05) is 31.9 Å². The van der Waals surface area contributed by atoms with Gasteiger partial charge in [-0.05, 0) is 12.8 Å². The lowest BCUT2D eigenvalue weighted by Crippen LogP contribution is -2.34. The monoisotopic (exact) mass is 354 g/mol. The Morgan fingerprint density at radius 2 is 1.19 bits per heavy atom. The van der Waals surface area contributed by atoms with Crippen molar-refractivity contribution in [1.82, 2.24) is 0 Å². The zero-order chi connectivity index (χ0) is 12.0. The second kappa shape index (κ2) is 7.06. The van der Waals surface area contributed by atoms with Crippen LogP contribution >= 0.6 is 31.9 Å². The maximum Gasteiger partial charge on any atom is 0.275 e. The Balaban J connectivity index is 2.52. The molecule has 0 atom stereocenters. The molecule has 0 aliphatic carbocycles. The van der Waals surface area contributed by atoms with E-state index in [2.05, 4.69) is 31.9 Å². The van der Waals surface area contributed by atoms with Gasteiger partial charge in [0, 0.05) is 10.7 Å². The van der Waals surface area contributed by atoms with Gasteiger partial charge in [0.25, 0.3) is 10.9 Å². The molecule has 0 spiro atoms. The number of rotatable bonds is 8. The highest BCUT2D eigenvalue weighted by molar-refractivity contribution is 9.09. The van der Waals surface area contributed by atoms with E-state index in [0.29, 0.717) is 13.2 Å². The third-order valence-electron chi connectivity index (χ3n) is 1.87. The van der Waals surface area contributed by atoms with E-state index in [4.69, 9.17) is 9.47 Å². The van der Waals surface area contributed by atoms with E-state index in [1.807, 2.05) is 0 Å². The average Bonchev–Trinajstić information content (AvgIpc) is 2.31. The first kappa shape index (κ1) is 13.7. The van der Waals surface area contributed by atoms with Gasteiger partial charge < -0.3 is 9.47 Å². The summed E-state index contributed by atoms with van der Waals surface area (Å²) < 4.78 is 10.4. The quantitative estimate of drug-likeness (QED) is 0.404. The molecule has 0 heterocycles. The smallest absolute Gasteiger partial charge is 0.275 e. The van der Waals surface area contributed by atoms with Gasteiger partial charge in [0.1, 0.15) is 0 Å². The third-order valence-corrected chi connectivity index (χ3v) is 3.00. The minimum Gasteiger partial charge on any atom is -0.486 e. The van der Waals surface area contributed by atoms with Crippen LogP contribution in [0.25, 0.3) is 0 Å². The number of ether oxygens (including phenoxy) is 2. The summed E-state index contributed by atoms with van der Waals surface area (Å²) >= 11 is 6.50. The van der Waals surface area contributed by atoms with Crippen molar-refractivity contribution in [2.45, 2.75) is 12.8 Å². The van der Waals surface area contributed by atoms with E-state index < -0.39 is 10.9 Å². The fourth-order valence-corrected chi connectivity index (χ4v) is 1.53. The summed E-state index contributed by atoms with van der Waals surface area (Å²) in [5.41, 5.74) is -1.16. The van der Waals surface area contributed by atoms with Gasteiger partial charge in [-0.25, -0.2) is 0 Å². The second-order valence-electron chi connectivity index (χ2n) is 3.10. The fraction of sp³-hybridized carbons (Fsp3) is 0.600. The molecule has 0 aliphatic rings. The molecule has 0 bridgehead atoms. The van der Waals surface area contributed by atoms with Gasteiger partial charge in [0.05, 0.1) is 13.2 Å². The molecule has 16 heavy (non-hydrogen) atoms. The van der Waals surface area contributed by atoms with Gasteiger partial charge in [0.2, 0.25) is 11.5 Å². The summed E-state index contributed by atoms with van der Waals surface area (Å²) in [5.74, 6) is 0.168. The Kier molecular flexibility index (Phi) is 6.05. The molecule has 0 fully saturated rings. The fourth-order valence-electron chi connectivity index (χ4n) is 1.07. The summed E-state index contributed by atoms with van der Waals surface area (Å²) in [4.78, 5) is 22.3. The first-order valence-corrected chi connectivity index (χ1v) is 7.17. The van der Waals surface area contributed by atoms with Crippen LogP contribution in [0.5, 0.6) is 11.5 Å². The normalized spacial score (nSPS) is 10.6. The Morgan fingerprint density at radius 3 is 1.50 bits per heavy atom. The second-order valence-corrected chi connectivity index (χ2v) is 4.68. The highest BCUT2D eigenvalue weighted by atomic mass is 79.9. The number of hydrogen-bond acceptors (Lipinski definition) is 4. The largest absolute Gasteiger partial charge is 0.486 e. The van der Waals surface area contributed by atoms with Crippen LogP contribution in [0.2, 0.25) is 0 Å². The predicted molar refractivity (Wildman–Crippen MR) is 69.2 cm³/mol. The topological polar surface area (TPSA) is 52.6 Å². The predicted octanol–water partition coefficient (Wildman–Crippen LogP) is 1.61. The van der Waals surface area contributed by atoms with Gasteiger partial charge in [-0.2, -0.15) is 0 Å². The molecule has 1 aromatic rings. The van der Waals surface area contributed by atoms with Gasteiger partial charge in [-0.15, -0.1) is 0 Å². The molecule has 1 aromatic carbocycles. The molecule has 0 aliphatic heterocycles. The molecule has 0 aromatic heterocycles. The SMILES string of the molecule is O=c1c(OCCCBr)c(OCCCBr)c1=O. The molecule has 6 heteroatoms. The van der Waals surface area contributed by atoms with Crippen molar-refractivity contribution < 1.29 is 9.47 Å². The zero-order valence-electron chi connectivity index (χ0n) is 8.63. The first-order chi connectivity index (χ1) is 7.72.